The number of aromatic nitrogens is 4. The van der Waals surface area contributed by atoms with Crippen molar-refractivity contribution in [2.24, 2.45) is 5.92 Å². The van der Waals surface area contributed by atoms with Crippen LogP contribution in [0.2, 0.25) is 0 Å². The Balaban J connectivity index is 1.28. The molecular weight excluding hydrogens is 498 g/mol. The second kappa shape index (κ2) is 10.2. The number of carbonyl (C=O) groups excluding carboxylic acids is 1. The number of nitrogens with zero attached hydrogens (tertiary/aromatic N) is 5. The van der Waals surface area contributed by atoms with Gasteiger partial charge in [0.05, 0.1) is 43.3 Å². The molecule has 36 heavy (non-hydrogen) atoms. The van der Waals surface area contributed by atoms with E-state index in [1.807, 2.05) is 5.43 Å². The average Bonchev–Trinajstić information content (AvgIpc) is 3.19. The summed E-state index contributed by atoms with van der Waals surface area (Å²) < 4.78 is 85.3. The van der Waals surface area contributed by atoms with Crippen LogP contribution in [-0.2, 0) is 35.4 Å². The summed E-state index contributed by atoms with van der Waals surface area (Å²) in [6.45, 7) is 3.00. The fourth-order valence-corrected chi connectivity index (χ4v) is 4.11. The van der Waals surface area contributed by atoms with Crippen LogP contribution in [0.5, 0.6) is 0 Å². The molecule has 3 atom stereocenters. The highest BCUT2D eigenvalue weighted by molar-refractivity contribution is 5.80. The topological polar surface area (TPSA) is 109 Å². The molecule has 0 saturated carbocycles. The Kier molecular flexibility index (Phi) is 7.38. The summed E-state index contributed by atoms with van der Waals surface area (Å²) in [6.07, 6.45) is -7.70. The third-order valence-corrected chi connectivity index (χ3v) is 5.78. The highest BCUT2D eigenvalue weighted by Crippen LogP contribution is 2.31. The molecule has 2 aromatic rings. The highest BCUT2D eigenvalue weighted by Gasteiger charge is 2.51. The van der Waals surface area contributed by atoms with Crippen molar-refractivity contribution in [1.82, 2.24) is 35.9 Å². The summed E-state index contributed by atoms with van der Waals surface area (Å²) >= 11 is 0. The van der Waals surface area contributed by atoms with Crippen molar-refractivity contribution in [2.45, 2.75) is 51.1 Å². The van der Waals surface area contributed by atoms with E-state index in [2.05, 4.69) is 25.8 Å². The van der Waals surface area contributed by atoms with Gasteiger partial charge in [-0.1, -0.05) is 0 Å². The predicted octanol–water partition coefficient (Wildman–Crippen LogP) is 1.39. The minimum atomic E-state index is -4.68. The van der Waals surface area contributed by atoms with Crippen LogP contribution in [0.3, 0.4) is 0 Å². The largest absolute Gasteiger partial charge is 0.419 e. The number of rotatable bonds is 7. The SMILES string of the molecule is C[C@@H](COCc1cc2n(n1)CCN(c1ncc(C(F)(F)F)cn1)C2)NC1CNNC(=O)C1C(F)(F)F. The molecule has 2 aliphatic heterocycles. The van der Waals surface area contributed by atoms with Crippen LogP contribution in [0.25, 0.3) is 0 Å². The van der Waals surface area contributed by atoms with E-state index in [4.69, 9.17) is 4.74 Å². The number of ether oxygens (including phenoxy) is 1. The summed E-state index contributed by atoms with van der Waals surface area (Å²) in [5.74, 6) is -3.13. The number of alkyl halides is 6. The lowest BCUT2D eigenvalue weighted by molar-refractivity contribution is -0.193. The quantitative estimate of drug-likeness (QED) is 0.469. The molecule has 0 bridgehead atoms. The number of hydrogen-bond donors (Lipinski definition) is 3. The van der Waals surface area contributed by atoms with Gasteiger partial charge in [0.2, 0.25) is 11.9 Å². The molecule has 1 fully saturated rings. The molecule has 3 N–H and O–H groups in total. The van der Waals surface area contributed by atoms with E-state index in [0.717, 1.165) is 18.1 Å². The lowest BCUT2D eigenvalue weighted by Gasteiger charge is -2.35. The summed E-state index contributed by atoms with van der Waals surface area (Å²) in [6, 6.07) is 0.163. The van der Waals surface area contributed by atoms with Crippen molar-refractivity contribution in [2.75, 3.05) is 24.6 Å². The Morgan fingerprint density at radius 1 is 1.19 bits per heavy atom. The van der Waals surface area contributed by atoms with E-state index in [9.17, 15) is 31.1 Å². The Hall–Kier alpha value is -2.98. The van der Waals surface area contributed by atoms with Crippen LogP contribution in [0.1, 0.15) is 23.9 Å². The van der Waals surface area contributed by atoms with Crippen LogP contribution in [-0.4, -0.2) is 63.6 Å². The molecule has 0 aromatic carbocycles. The number of hydrazine groups is 1. The van der Waals surface area contributed by atoms with Crippen molar-refractivity contribution in [3.8, 4) is 0 Å². The third kappa shape index (κ3) is 6.04. The van der Waals surface area contributed by atoms with Crippen LogP contribution < -0.4 is 21.1 Å². The van der Waals surface area contributed by atoms with E-state index >= 15 is 0 Å². The minimum absolute atomic E-state index is 0.0798. The summed E-state index contributed by atoms with van der Waals surface area (Å²) in [7, 11) is 0. The normalized spacial score (nSPS) is 21.8. The van der Waals surface area contributed by atoms with E-state index < -0.39 is 41.8 Å². The van der Waals surface area contributed by atoms with Crippen molar-refractivity contribution < 1.29 is 35.9 Å². The van der Waals surface area contributed by atoms with Gasteiger partial charge in [0.15, 0.2) is 5.92 Å². The van der Waals surface area contributed by atoms with Gasteiger partial charge in [0, 0.05) is 37.6 Å². The third-order valence-electron chi connectivity index (χ3n) is 5.78. The molecule has 2 aliphatic rings. The number of carbonyl (C=O) groups is 1. The lowest BCUT2D eigenvalue weighted by atomic mass is 9.96. The summed E-state index contributed by atoms with van der Waals surface area (Å²) in [5, 5.41) is 7.23. The fourth-order valence-electron chi connectivity index (χ4n) is 4.11. The van der Waals surface area contributed by atoms with E-state index in [1.165, 1.54) is 0 Å². The first-order chi connectivity index (χ1) is 16.9. The van der Waals surface area contributed by atoms with Crippen LogP contribution >= 0.6 is 0 Å². The van der Waals surface area contributed by atoms with Gasteiger partial charge in [-0.3, -0.25) is 14.9 Å². The van der Waals surface area contributed by atoms with Crippen LogP contribution in [0.15, 0.2) is 18.5 Å². The van der Waals surface area contributed by atoms with E-state index in [1.54, 1.807) is 22.6 Å². The Morgan fingerprint density at radius 2 is 1.92 bits per heavy atom. The Labute approximate surface area is 201 Å². The molecular formula is C20H24F6N8O2. The van der Waals surface area contributed by atoms with Crippen molar-refractivity contribution in [3.63, 3.8) is 0 Å². The maximum absolute atomic E-state index is 13.3. The van der Waals surface area contributed by atoms with E-state index in [-0.39, 0.29) is 25.7 Å². The Bertz CT molecular complexity index is 1060. The first-order valence-electron chi connectivity index (χ1n) is 11.0. The van der Waals surface area contributed by atoms with E-state index in [0.29, 0.717) is 25.3 Å². The molecule has 0 aliphatic carbocycles. The number of amides is 1. The Morgan fingerprint density at radius 3 is 2.58 bits per heavy atom. The second-order valence-electron chi connectivity index (χ2n) is 8.62. The molecule has 198 valence electrons. The highest BCUT2D eigenvalue weighted by atomic mass is 19.4. The van der Waals surface area contributed by atoms with Gasteiger partial charge in [-0.25, -0.2) is 15.4 Å². The van der Waals surface area contributed by atoms with Crippen LogP contribution in [0, 0.1) is 5.92 Å². The predicted molar refractivity (Wildman–Crippen MR) is 112 cm³/mol. The molecule has 4 rings (SSSR count). The van der Waals surface area contributed by atoms with Gasteiger partial charge in [-0.05, 0) is 13.0 Å². The first kappa shape index (κ1) is 26.1. The molecule has 4 heterocycles. The zero-order chi connectivity index (χ0) is 26.1. The maximum Gasteiger partial charge on any atom is 0.419 e. The molecule has 0 spiro atoms. The van der Waals surface area contributed by atoms with Crippen LogP contribution in [0.4, 0.5) is 32.3 Å². The molecule has 16 heteroatoms. The zero-order valence-electron chi connectivity index (χ0n) is 19.0. The van der Waals surface area contributed by atoms with Gasteiger partial charge in [-0.2, -0.15) is 31.4 Å². The molecule has 2 unspecified atom stereocenters. The standard InChI is InChI=1S/C20H24F6N8O2/c1-11(30-15-7-29-31-17(35)16(15)20(24,25)26)9-36-10-13-4-14-8-33(2-3-34(14)32-13)18-27-5-12(6-28-18)19(21,22)23/h4-6,11,15-16,29-30H,2-3,7-10H2,1H3,(H,31,35)/t11-,15?,16?/m0/s1. The number of hydrogen-bond acceptors (Lipinski definition) is 8. The first-order valence-corrected chi connectivity index (χ1v) is 11.0. The van der Waals surface area contributed by atoms with Gasteiger partial charge < -0.3 is 15.0 Å². The molecule has 1 saturated heterocycles. The smallest absolute Gasteiger partial charge is 0.373 e. The van der Waals surface area contributed by atoms with Gasteiger partial charge in [0.1, 0.15) is 0 Å². The van der Waals surface area contributed by atoms with Crippen molar-refractivity contribution in [1.29, 1.82) is 0 Å². The molecule has 1 amide bonds. The molecule has 2 aromatic heterocycles. The van der Waals surface area contributed by atoms with Gasteiger partial charge in [0.25, 0.3) is 0 Å². The van der Waals surface area contributed by atoms with Gasteiger partial charge >= 0.3 is 12.4 Å². The minimum Gasteiger partial charge on any atom is -0.373 e. The molecule has 10 nitrogen and oxygen atoms in total. The lowest BCUT2D eigenvalue weighted by Crippen LogP contribution is -2.64. The average molecular weight is 522 g/mol. The number of fused-ring (bicyclic) bond motifs is 1. The number of nitrogens with one attached hydrogen (secondary N) is 3. The number of halogens is 6. The van der Waals surface area contributed by atoms with Gasteiger partial charge in [-0.15, -0.1) is 0 Å². The number of anilines is 1. The summed E-state index contributed by atoms with van der Waals surface area (Å²) in [5.41, 5.74) is 4.92. The van der Waals surface area contributed by atoms with Crippen molar-refractivity contribution >= 4 is 11.9 Å². The molecule has 0 radical (unpaired) electrons. The summed E-state index contributed by atoms with van der Waals surface area (Å²) in [4.78, 5) is 21.0. The second-order valence-corrected chi connectivity index (χ2v) is 8.62. The fraction of sp³-hybridized carbons (Fsp3) is 0.600. The maximum atomic E-state index is 13.3. The monoisotopic (exact) mass is 522 g/mol. The zero-order valence-corrected chi connectivity index (χ0v) is 19.0. The van der Waals surface area contributed by atoms with Crippen molar-refractivity contribution in [3.05, 3.63) is 35.4 Å².